The van der Waals surface area contributed by atoms with E-state index in [1.165, 1.54) is 17.4 Å². The number of nitrogens with zero attached hydrogens (tertiary/aromatic N) is 1. The lowest BCUT2D eigenvalue weighted by molar-refractivity contribution is -0.140. The average Bonchev–Trinajstić information content (AvgIpc) is 2.95. The third-order valence-corrected chi connectivity index (χ3v) is 5.28. The van der Waals surface area contributed by atoms with Crippen molar-refractivity contribution in [1.82, 2.24) is 10.2 Å². The van der Waals surface area contributed by atoms with E-state index in [-0.39, 0.29) is 6.04 Å². The molecule has 3 rings (SSSR count). The summed E-state index contributed by atoms with van der Waals surface area (Å²) in [5.41, 5.74) is -0.813. The lowest BCUT2D eigenvalue weighted by Crippen LogP contribution is -2.45. The first-order valence-electron chi connectivity index (χ1n) is 7.43. The molecule has 1 fully saturated rings. The third kappa shape index (κ3) is 3.74. The summed E-state index contributed by atoms with van der Waals surface area (Å²) >= 11 is 7.34. The van der Waals surface area contributed by atoms with Crippen molar-refractivity contribution in [2.75, 3.05) is 26.2 Å². The van der Waals surface area contributed by atoms with Gasteiger partial charge >= 0.3 is 6.18 Å². The summed E-state index contributed by atoms with van der Waals surface area (Å²) in [5, 5.41) is 3.22. The zero-order chi connectivity index (χ0) is 17.3. The average molecular weight is 379 g/mol. The maximum absolute atomic E-state index is 13.6. The number of thiophene rings is 1. The summed E-state index contributed by atoms with van der Waals surface area (Å²) in [5.74, 6) is -1.26. The van der Waals surface area contributed by atoms with E-state index in [9.17, 15) is 17.6 Å². The number of hydrogen-bond donors (Lipinski definition) is 1. The summed E-state index contributed by atoms with van der Waals surface area (Å²) in [6.45, 7) is 2.89. The van der Waals surface area contributed by atoms with Crippen molar-refractivity contribution in [3.63, 3.8) is 0 Å². The van der Waals surface area contributed by atoms with Crippen molar-refractivity contribution in [2.24, 2.45) is 0 Å². The van der Waals surface area contributed by atoms with Crippen LogP contribution < -0.4 is 5.32 Å². The molecule has 1 aromatic carbocycles. The Morgan fingerprint density at radius 2 is 1.83 bits per heavy atom. The van der Waals surface area contributed by atoms with Crippen molar-refractivity contribution in [2.45, 2.75) is 12.2 Å². The topological polar surface area (TPSA) is 15.3 Å². The number of halogens is 5. The highest BCUT2D eigenvalue weighted by Crippen LogP contribution is 2.38. The molecule has 1 atom stereocenters. The van der Waals surface area contributed by atoms with E-state index >= 15 is 0 Å². The van der Waals surface area contributed by atoms with Crippen LogP contribution in [0.3, 0.4) is 0 Å². The van der Waals surface area contributed by atoms with Gasteiger partial charge in [0.25, 0.3) is 0 Å². The van der Waals surface area contributed by atoms with Crippen molar-refractivity contribution in [1.29, 1.82) is 0 Å². The van der Waals surface area contributed by atoms with Gasteiger partial charge in [-0.2, -0.15) is 13.2 Å². The van der Waals surface area contributed by atoms with Crippen molar-refractivity contribution in [3.05, 3.63) is 56.5 Å². The predicted octanol–water partition coefficient (Wildman–Crippen LogP) is 4.55. The molecule has 0 unspecified atom stereocenters. The first kappa shape index (κ1) is 17.7. The molecule has 1 aliphatic rings. The Morgan fingerprint density at radius 3 is 2.42 bits per heavy atom. The van der Waals surface area contributed by atoms with Crippen LogP contribution in [0.2, 0.25) is 4.34 Å². The van der Waals surface area contributed by atoms with Crippen LogP contribution in [-0.2, 0) is 6.18 Å². The highest BCUT2D eigenvalue weighted by Gasteiger charge is 2.35. The standard InChI is InChI=1S/C16H15ClF4N2S/c17-14-4-3-13(24-14)15(23-7-5-22-6-8-23)10-1-2-12(18)11(9-10)16(19,20)21/h1-4,9,15,22H,5-8H2/t15-/m1/s1. The first-order valence-corrected chi connectivity index (χ1v) is 8.62. The monoisotopic (exact) mass is 378 g/mol. The fraction of sp³-hybridized carbons (Fsp3) is 0.375. The van der Waals surface area contributed by atoms with E-state index in [1.54, 1.807) is 6.07 Å². The number of rotatable bonds is 3. The van der Waals surface area contributed by atoms with E-state index in [2.05, 4.69) is 10.2 Å². The largest absolute Gasteiger partial charge is 0.419 e. The van der Waals surface area contributed by atoms with Gasteiger partial charge in [-0.05, 0) is 29.8 Å². The normalized spacial score (nSPS) is 17.9. The summed E-state index contributed by atoms with van der Waals surface area (Å²) in [6.07, 6.45) is -4.72. The van der Waals surface area contributed by atoms with Gasteiger partial charge in [0.15, 0.2) is 0 Å². The fourth-order valence-corrected chi connectivity index (χ4v) is 4.13. The van der Waals surface area contributed by atoms with Crippen LogP contribution in [0.15, 0.2) is 30.3 Å². The molecule has 8 heteroatoms. The molecule has 0 spiro atoms. The number of piperazine rings is 1. The molecule has 130 valence electrons. The fourth-order valence-electron chi connectivity index (χ4n) is 2.90. The van der Waals surface area contributed by atoms with Crippen LogP contribution in [0.5, 0.6) is 0 Å². The second-order valence-corrected chi connectivity index (χ2v) is 7.31. The molecule has 0 aliphatic carbocycles. The van der Waals surface area contributed by atoms with Gasteiger partial charge in [-0.25, -0.2) is 4.39 Å². The molecule has 0 radical (unpaired) electrons. The quantitative estimate of drug-likeness (QED) is 0.788. The molecule has 24 heavy (non-hydrogen) atoms. The van der Waals surface area contributed by atoms with E-state index in [1.807, 2.05) is 6.07 Å². The molecule has 1 aliphatic heterocycles. The smallest absolute Gasteiger partial charge is 0.314 e. The zero-order valence-electron chi connectivity index (χ0n) is 12.5. The summed E-state index contributed by atoms with van der Waals surface area (Å²) in [4.78, 5) is 2.94. The minimum Gasteiger partial charge on any atom is -0.314 e. The Balaban J connectivity index is 2.05. The van der Waals surface area contributed by atoms with Crippen molar-refractivity contribution >= 4 is 22.9 Å². The number of alkyl halides is 3. The second kappa shape index (κ2) is 7.00. The van der Waals surface area contributed by atoms with Gasteiger partial charge in [-0.1, -0.05) is 17.7 Å². The molecule has 2 nitrogen and oxygen atoms in total. The number of hydrogen-bond acceptors (Lipinski definition) is 3. The highest BCUT2D eigenvalue weighted by molar-refractivity contribution is 7.16. The maximum atomic E-state index is 13.6. The Morgan fingerprint density at radius 1 is 1.12 bits per heavy atom. The van der Waals surface area contributed by atoms with Crippen molar-refractivity contribution < 1.29 is 17.6 Å². The molecule has 2 aromatic rings. The lowest BCUT2D eigenvalue weighted by Gasteiger charge is -2.35. The Bertz CT molecular complexity index is 710. The molecular formula is C16H15ClF4N2S. The number of nitrogens with one attached hydrogen (secondary N) is 1. The Kier molecular flexibility index (Phi) is 5.15. The van der Waals surface area contributed by atoms with Crippen LogP contribution in [0, 0.1) is 5.82 Å². The first-order chi connectivity index (χ1) is 11.4. The van der Waals surface area contributed by atoms with Crippen molar-refractivity contribution in [3.8, 4) is 0 Å². The van der Waals surface area contributed by atoms with Gasteiger partial charge in [-0.15, -0.1) is 11.3 Å². The molecule has 1 aromatic heterocycles. The van der Waals surface area contributed by atoms with Gasteiger partial charge in [0.2, 0.25) is 0 Å². The third-order valence-electron chi connectivity index (χ3n) is 3.99. The SMILES string of the molecule is Fc1ccc([C@H](c2ccc(Cl)s2)N2CCNCC2)cc1C(F)(F)F. The van der Waals surface area contributed by atoms with Gasteiger partial charge in [0.1, 0.15) is 5.82 Å². The van der Waals surface area contributed by atoms with Crippen LogP contribution in [0.4, 0.5) is 17.6 Å². The molecule has 0 amide bonds. The maximum Gasteiger partial charge on any atom is 0.419 e. The van der Waals surface area contributed by atoms with Gasteiger partial charge in [0, 0.05) is 31.1 Å². The van der Waals surface area contributed by atoms with Gasteiger partial charge < -0.3 is 5.32 Å². The summed E-state index contributed by atoms with van der Waals surface area (Å²) < 4.78 is 53.4. The predicted molar refractivity (Wildman–Crippen MR) is 87.0 cm³/mol. The summed E-state index contributed by atoms with van der Waals surface area (Å²) in [7, 11) is 0. The minimum atomic E-state index is -4.72. The highest BCUT2D eigenvalue weighted by atomic mass is 35.5. The lowest BCUT2D eigenvalue weighted by atomic mass is 9.99. The molecule has 2 heterocycles. The number of benzene rings is 1. The molecule has 0 saturated carbocycles. The van der Waals surface area contributed by atoms with Crippen LogP contribution >= 0.6 is 22.9 Å². The van der Waals surface area contributed by atoms with Crippen LogP contribution in [0.25, 0.3) is 0 Å². The molecule has 1 saturated heterocycles. The van der Waals surface area contributed by atoms with Gasteiger partial charge in [-0.3, -0.25) is 4.90 Å². The Labute approximate surface area is 146 Å². The van der Waals surface area contributed by atoms with Crippen LogP contribution in [0.1, 0.15) is 22.0 Å². The molecular weight excluding hydrogens is 364 g/mol. The van der Waals surface area contributed by atoms with E-state index < -0.39 is 17.6 Å². The van der Waals surface area contributed by atoms with Crippen LogP contribution in [-0.4, -0.2) is 31.1 Å². The molecule has 0 bridgehead atoms. The molecule has 1 N–H and O–H groups in total. The van der Waals surface area contributed by atoms with Gasteiger partial charge in [0.05, 0.1) is 15.9 Å². The Hall–Kier alpha value is -1.15. The van der Waals surface area contributed by atoms with E-state index in [4.69, 9.17) is 11.6 Å². The van der Waals surface area contributed by atoms with E-state index in [0.717, 1.165) is 30.1 Å². The van der Waals surface area contributed by atoms with E-state index in [0.29, 0.717) is 23.0 Å². The zero-order valence-corrected chi connectivity index (χ0v) is 14.1. The second-order valence-electron chi connectivity index (χ2n) is 5.57. The minimum absolute atomic E-state index is 0.369. The summed E-state index contributed by atoms with van der Waals surface area (Å²) in [6, 6.07) is 6.40.